The van der Waals surface area contributed by atoms with Gasteiger partial charge in [0.15, 0.2) is 6.10 Å². The van der Waals surface area contributed by atoms with E-state index in [1.54, 1.807) is 0 Å². The Morgan fingerprint density at radius 2 is 0.542 bits per heavy atom. The van der Waals surface area contributed by atoms with Gasteiger partial charge < -0.3 is 14.2 Å². The first-order chi connectivity index (χ1) is 35.5. The van der Waals surface area contributed by atoms with Crippen LogP contribution in [0.1, 0.15) is 284 Å². The quantitative estimate of drug-likeness (QED) is 0.0261. The van der Waals surface area contributed by atoms with Crippen molar-refractivity contribution in [3.8, 4) is 0 Å². The zero-order valence-electron chi connectivity index (χ0n) is 47.2. The van der Waals surface area contributed by atoms with Crippen LogP contribution in [-0.2, 0) is 28.6 Å². The molecule has 0 aromatic rings. The van der Waals surface area contributed by atoms with Gasteiger partial charge in [-0.3, -0.25) is 14.4 Å². The van der Waals surface area contributed by atoms with E-state index in [-0.39, 0.29) is 31.1 Å². The van der Waals surface area contributed by atoms with Gasteiger partial charge in [0.2, 0.25) is 0 Å². The summed E-state index contributed by atoms with van der Waals surface area (Å²) in [4.78, 5) is 37.9. The van der Waals surface area contributed by atoms with Gasteiger partial charge in [0.25, 0.3) is 0 Å². The van der Waals surface area contributed by atoms with Crippen molar-refractivity contribution >= 4 is 17.9 Å². The molecule has 6 heteroatoms. The third-order valence-corrected chi connectivity index (χ3v) is 12.9. The van der Waals surface area contributed by atoms with Crippen LogP contribution in [0.25, 0.3) is 0 Å². The third-order valence-electron chi connectivity index (χ3n) is 12.9. The number of hydrogen-bond acceptors (Lipinski definition) is 6. The van der Waals surface area contributed by atoms with Crippen LogP contribution >= 0.6 is 0 Å². The average molecular weight is 1000 g/mol. The number of carbonyl (C=O) groups is 3. The Kier molecular flexibility index (Phi) is 56.8. The summed E-state index contributed by atoms with van der Waals surface area (Å²) in [6, 6.07) is 0. The molecule has 0 fully saturated rings. The number of ether oxygens (including phenoxy) is 3. The predicted octanol–water partition coefficient (Wildman–Crippen LogP) is 20.5. The highest BCUT2D eigenvalue weighted by molar-refractivity contribution is 5.71. The second kappa shape index (κ2) is 59.9. The highest BCUT2D eigenvalue weighted by Crippen LogP contribution is 2.16. The first-order valence-corrected chi connectivity index (χ1v) is 30.2. The zero-order valence-corrected chi connectivity index (χ0v) is 47.2. The van der Waals surface area contributed by atoms with Crippen molar-refractivity contribution in [1.82, 2.24) is 0 Å². The molecule has 0 saturated carbocycles. The summed E-state index contributed by atoms with van der Waals surface area (Å²) in [5, 5.41) is 0. The molecule has 0 spiro atoms. The van der Waals surface area contributed by atoms with Gasteiger partial charge >= 0.3 is 17.9 Å². The molecule has 72 heavy (non-hydrogen) atoms. The lowest BCUT2D eigenvalue weighted by atomic mass is 10.0. The molecular formula is C66H112O6. The first kappa shape index (κ1) is 68.3. The van der Waals surface area contributed by atoms with Gasteiger partial charge in [0.1, 0.15) is 13.2 Å². The lowest BCUT2D eigenvalue weighted by Gasteiger charge is -2.18. The van der Waals surface area contributed by atoms with Crippen LogP contribution in [0.2, 0.25) is 0 Å². The molecule has 0 saturated heterocycles. The molecule has 412 valence electrons. The monoisotopic (exact) mass is 1000 g/mol. The van der Waals surface area contributed by atoms with Crippen LogP contribution in [0, 0.1) is 0 Å². The molecule has 0 radical (unpaired) electrons. The summed E-state index contributed by atoms with van der Waals surface area (Å²) in [7, 11) is 0. The van der Waals surface area contributed by atoms with Crippen LogP contribution in [0.15, 0.2) is 97.2 Å². The largest absolute Gasteiger partial charge is 0.462 e. The molecule has 0 aliphatic heterocycles. The summed E-state index contributed by atoms with van der Waals surface area (Å²) >= 11 is 0. The van der Waals surface area contributed by atoms with E-state index in [9.17, 15) is 14.4 Å². The molecule has 0 heterocycles. The SMILES string of the molecule is CC/C=C\C/C=C\C/C=C\C/C=C\C/C=C\C/C=C\C/C=C\C/C=C\CCCCCCCCCCC(=O)OCC(COC(=O)CCCCCCCC)OC(=O)CCCCCCCCCCCCCCCCC. The van der Waals surface area contributed by atoms with E-state index >= 15 is 0 Å². The molecule has 0 rings (SSSR count). The molecule has 0 aromatic carbocycles. The summed E-state index contributed by atoms with van der Waals surface area (Å²) in [6.07, 6.45) is 80.1. The molecular weight excluding hydrogens is 889 g/mol. The number of unbranched alkanes of at least 4 members (excludes halogenated alkanes) is 27. The number of allylic oxidation sites excluding steroid dienone is 16. The van der Waals surface area contributed by atoms with E-state index in [2.05, 4.69) is 118 Å². The molecule has 0 bridgehead atoms. The van der Waals surface area contributed by atoms with Crippen LogP contribution in [-0.4, -0.2) is 37.2 Å². The van der Waals surface area contributed by atoms with Gasteiger partial charge in [0.05, 0.1) is 0 Å². The van der Waals surface area contributed by atoms with Crippen molar-refractivity contribution in [2.75, 3.05) is 13.2 Å². The maximum atomic E-state index is 12.8. The Morgan fingerprint density at radius 3 is 0.847 bits per heavy atom. The van der Waals surface area contributed by atoms with Crippen molar-refractivity contribution in [1.29, 1.82) is 0 Å². The first-order valence-electron chi connectivity index (χ1n) is 30.2. The van der Waals surface area contributed by atoms with Crippen molar-refractivity contribution in [2.24, 2.45) is 0 Å². The van der Waals surface area contributed by atoms with Crippen molar-refractivity contribution < 1.29 is 28.6 Å². The Bertz CT molecular complexity index is 1430. The number of hydrogen-bond donors (Lipinski definition) is 0. The van der Waals surface area contributed by atoms with E-state index in [0.29, 0.717) is 19.3 Å². The lowest BCUT2D eigenvalue weighted by Crippen LogP contribution is -2.30. The van der Waals surface area contributed by atoms with E-state index in [1.807, 2.05) is 0 Å². The third kappa shape index (κ3) is 57.2. The van der Waals surface area contributed by atoms with Gasteiger partial charge in [-0.2, -0.15) is 0 Å². The summed E-state index contributed by atoms with van der Waals surface area (Å²) < 4.78 is 16.8. The fraction of sp³-hybridized carbons (Fsp3) is 0.712. The van der Waals surface area contributed by atoms with Gasteiger partial charge in [0, 0.05) is 19.3 Å². The van der Waals surface area contributed by atoms with Gasteiger partial charge in [-0.05, 0) is 83.5 Å². The predicted molar refractivity (Wildman–Crippen MR) is 311 cm³/mol. The smallest absolute Gasteiger partial charge is 0.306 e. The second-order valence-corrected chi connectivity index (χ2v) is 19.9. The fourth-order valence-corrected chi connectivity index (χ4v) is 8.34. The molecule has 0 aliphatic carbocycles. The number of rotatable bonds is 54. The zero-order chi connectivity index (χ0) is 52.2. The lowest BCUT2D eigenvalue weighted by molar-refractivity contribution is -0.167. The Labute approximate surface area is 445 Å². The van der Waals surface area contributed by atoms with E-state index in [0.717, 1.165) is 116 Å². The molecule has 0 aromatic heterocycles. The number of esters is 3. The second-order valence-electron chi connectivity index (χ2n) is 19.9. The Hall–Kier alpha value is -3.67. The Morgan fingerprint density at radius 1 is 0.292 bits per heavy atom. The maximum Gasteiger partial charge on any atom is 0.306 e. The normalized spacial score (nSPS) is 12.8. The highest BCUT2D eigenvalue weighted by Gasteiger charge is 2.19. The minimum Gasteiger partial charge on any atom is -0.462 e. The minimum atomic E-state index is -0.775. The average Bonchev–Trinajstić information content (AvgIpc) is 3.38. The highest BCUT2D eigenvalue weighted by atomic mass is 16.6. The topological polar surface area (TPSA) is 78.9 Å². The van der Waals surface area contributed by atoms with E-state index in [4.69, 9.17) is 14.2 Å². The summed E-state index contributed by atoms with van der Waals surface area (Å²) in [5.41, 5.74) is 0. The van der Waals surface area contributed by atoms with Crippen molar-refractivity contribution in [2.45, 2.75) is 290 Å². The molecule has 1 atom stereocenters. The molecule has 1 unspecified atom stereocenters. The fourth-order valence-electron chi connectivity index (χ4n) is 8.34. The standard InChI is InChI=1S/C66H112O6/c1-4-7-10-13-16-18-20-22-24-25-26-27-28-29-30-31-32-33-34-35-36-37-38-39-40-41-43-44-46-48-50-53-56-59-65(68)71-62-63(61-70-64(67)58-55-52-15-12-9-6-3)72-66(69)60-57-54-51-49-47-45-42-23-21-19-17-14-11-8-5-2/h7,10,16,18,22,24,26-27,29-30,32-33,35-36,38-39,63H,4-6,8-9,11-15,17,19-21,23,25,28,31,34,37,40-62H2,1-3H3/b10-7-,18-16-,24-22-,27-26-,30-29-,33-32-,36-35-,39-38-. The molecule has 0 aliphatic rings. The van der Waals surface area contributed by atoms with Crippen LogP contribution in [0.4, 0.5) is 0 Å². The van der Waals surface area contributed by atoms with E-state index < -0.39 is 6.10 Å². The van der Waals surface area contributed by atoms with Crippen molar-refractivity contribution in [3.63, 3.8) is 0 Å². The van der Waals surface area contributed by atoms with Gasteiger partial charge in [-0.25, -0.2) is 0 Å². The van der Waals surface area contributed by atoms with Gasteiger partial charge in [-0.1, -0.05) is 279 Å². The van der Waals surface area contributed by atoms with Crippen LogP contribution in [0.3, 0.4) is 0 Å². The summed E-state index contributed by atoms with van der Waals surface area (Å²) in [5.74, 6) is -0.888. The minimum absolute atomic E-state index is 0.0769. The molecule has 0 N–H and O–H groups in total. The molecule has 6 nitrogen and oxygen atoms in total. The Balaban J connectivity index is 4.09. The summed E-state index contributed by atoms with van der Waals surface area (Å²) in [6.45, 7) is 6.47. The number of carbonyl (C=O) groups excluding carboxylic acids is 3. The van der Waals surface area contributed by atoms with Crippen LogP contribution in [0.5, 0.6) is 0 Å². The van der Waals surface area contributed by atoms with E-state index in [1.165, 1.54) is 128 Å². The van der Waals surface area contributed by atoms with Crippen molar-refractivity contribution in [3.05, 3.63) is 97.2 Å². The molecule has 0 amide bonds. The van der Waals surface area contributed by atoms with Gasteiger partial charge in [-0.15, -0.1) is 0 Å². The van der Waals surface area contributed by atoms with Crippen LogP contribution < -0.4 is 0 Å². The maximum absolute atomic E-state index is 12.8.